The predicted octanol–water partition coefficient (Wildman–Crippen LogP) is 2.93. The largest absolute Gasteiger partial charge is 0.334 e. The summed E-state index contributed by atoms with van der Waals surface area (Å²) in [5.74, 6) is 0.694. The number of halogens is 1. The molecule has 104 valence electrons. The van der Waals surface area contributed by atoms with Crippen LogP contribution >= 0.6 is 11.6 Å². The number of piperidine rings is 1. The highest BCUT2D eigenvalue weighted by atomic mass is 35.5. The first-order chi connectivity index (χ1) is 9.17. The highest BCUT2D eigenvalue weighted by Gasteiger charge is 2.31. The van der Waals surface area contributed by atoms with Crippen molar-refractivity contribution in [3.05, 3.63) is 34.9 Å². The molecule has 19 heavy (non-hydrogen) atoms. The number of benzene rings is 1. The van der Waals surface area contributed by atoms with Crippen LogP contribution in [-0.2, 0) is 0 Å². The number of amides is 1. The lowest BCUT2D eigenvalue weighted by molar-refractivity contribution is 0.0559. The molecule has 1 amide bonds. The van der Waals surface area contributed by atoms with E-state index in [-0.39, 0.29) is 11.9 Å². The molecule has 0 saturated carbocycles. The van der Waals surface area contributed by atoms with Gasteiger partial charge >= 0.3 is 0 Å². The van der Waals surface area contributed by atoms with Crippen molar-refractivity contribution in [1.29, 1.82) is 0 Å². The van der Waals surface area contributed by atoms with Gasteiger partial charge in [0, 0.05) is 19.1 Å². The maximum absolute atomic E-state index is 12.6. The van der Waals surface area contributed by atoms with Crippen LogP contribution in [0.3, 0.4) is 0 Å². The van der Waals surface area contributed by atoms with Gasteiger partial charge in [-0.1, -0.05) is 37.1 Å². The fourth-order valence-electron chi connectivity index (χ4n) is 2.79. The molecule has 0 spiro atoms. The normalized spacial score (nSPS) is 23.4. The Morgan fingerprint density at radius 3 is 2.84 bits per heavy atom. The molecule has 2 unspecified atom stereocenters. The van der Waals surface area contributed by atoms with E-state index in [0.717, 1.165) is 25.8 Å². The number of hydrogen-bond donors (Lipinski definition) is 1. The zero-order valence-electron chi connectivity index (χ0n) is 11.3. The summed E-state index contributed by atoms with van der Waals surface area (Å²) in [4.78, 5) is 14.5. The van der Waals surface area contributed by atoms with Gasteiger partial charge in [-0.25, -0.2) is 0 Å². The molecule has 4 heteroatoms. The molecule has 2 atom stereocenters. The summed E-state index contributed by atoms with van der Waals surface area (Å²) in [5, 5.41) is 0.515. The topological polar surface area (TPSA) is 46.3 Å². The molecule has 1 aromatic carbocycles. The number of likely N-dealkylation sites (tertiary alicyclic amines) is 1. The Morgan fingerprint density at radius 2 is 2.21 bits per heavy atom. The van der Waals surface area contributed by atoms with Crippen molar-refractivity contribution in [2.45, 2.75) is 32.2 Å². The molecule has 2 N–H and O–H groups in total. The molecule has 1 aromatic rings. The van der Waals surface area contributed by atoms with Gasteiger partial charge in [0.25, 0.3) is 5.91 Å². The fourth-order valence-corrected chi connectivity index (χ4v) is 3.00. The van der Waals surface area contributed by atoms with Gasteiger partial charge in [-0.2, -0.15) is 0 Å². The number of carbonyl (C=O) groups excluding carboxylic acids is 1. The smallest absolute Gasteiger partial charge is 0.255 e. The van der Waals surface area contributed by atoms with Crippen LogP contribution in [0, 0.1) is 5.92 Å². The summed E-state index contributed by atoms with van der Waals surface area (Å²) in [6.07, 6.45) is 3.22. The monoisotopic (exact) mass is 280 g/mol. The van der Waals surface area contributed by atoms with E-state index in [0.29, 0.717) is 23.0 Å². The molecular weight excluding hydrogens is 260 g/mol. The highest BCUT2D eigenvalue weighted by molar-refractivity contribution is 6.33. The molecule has 1 fully saturated rings. The first-order valence-corrected chi connectivity index (χ1v) is 7.30. The highest BCUT2D eigenvalue weighted by Crippen LogP contribution is 2.27. The van der Waals surface area contributed by atoms with Crippen molar-refractivity contribution in [2.24, 2.45) is 11.7 Å². The van der Waals surface area contributed by atoms with Crippen LogP contribution in [0.1, 0.15) is 36.5 Å². The second-order valence-corrected chi connectivity index (χ2v) is 5.57. The Balaban J connectivity index is 2.17. The number of nitrogens with zero attached hydrogens (tertiary/aromatic N) is 1. The van der Waals surface area contributed by atoms with Gasteiger partial charge in [-0.3, -0.25) is 4.79 Å². The van der Waals surface area contributed by atoms with Crippen LogP contribution in [0.25, 0.3) is 0 Å². The van der Waals surface area contributed by atoms with E-state index in [2.05, 4.69) is 6.92 Å². The Bertz CT molecular complexity index is 450. The molecule has 1 aliphatic rings. The minimum Gasteiger partial charge on any atom is -0.334 e. The number of rotatable bonds is 3. The summed E-state index contributed by atoms with van der Waals surface area (Å²) in [6.45, 7) is 3.50. The van der Waals surface area contributed by atoms with E-state index in [1.807, 2.05) is 17.0 Å². The molecule has 0 aromatic heterocycles. The van der Waals surface area contributed by atoms with Crippen LogP contribution in [-0.4, -0.2) is 29.9 Å². The quantitative estimate of drug-likeness (QED) is 0.925. The first-order valence-electron chi connectivity index (χ1n) is 6.93. The number of carbonyl (C=O) groups is 1. The third-order valence-corrected chi connectivity index (χ3v) is 4.37. The Labute approximate surface area is 119 Å². The lowest BCUT2D eigenvalue weighted by Crippen LogP contribution is -2.49. The lowest BCUT2D eigenvalue weighted by atomic mass is 9.88. The van der Waals surface area contributed by atoms with Crippen molar-refractivity contribution in [1.82, 2.24) is 4.90 Å². The first kappa shape index (κ1) is 14.4. The molecule has 0 aliphatic carbocycles. The predicted molar refractivity (Wildman–Crippen MR) is 78.3 cm³/mol. The van der Waals surface area contributed by atoms with E-state index >= 15 is 0 Å². The van der Waals surface area contributed by atoms with Gasteiger partial charge in [-0.05, 0) is 30.9 Å². The summed E-state index contributed by atoms with van der Waals surface area (Å²) >= 11 is 6.11. The number of hydrogen-bond acceptors (Lipinski definition) is 2. The minimum absolute atomic E-state index is 0.00982. The molecule has 1 heterocycles. The van der Waals surface area contributed by atoms with Crippen molar-refractivity contribution < 1.29 is 4.79 Å². The van der Waals surface area contributed by atoms with Crippen molar-refractivity contribution >= 4 is 17.5 Å². The SMILES string of the molecule is CCC1CCN(C(=O)c2ccccc2Cl)C(CN)C1. The second kappa shape index (κ2) is 6.40. The zero-order valence-corrected chi connectivity index (χ0v) is 12.1. The van der Waals surface area contributed by atoms with E-state index in [4.69, 9.17) is 17.3 Å². The van der Waals surface area contributed by atoms with Gasteiger partial charge < -0.3 is 10.6 Å². The molecule has 3 nitrogen and oxygen atoms in total. The van der Waals surface area contributed by atoms with E-state index in [1.165, 1.54) is 0 Å². The van der Waals surface area contributed by atoms with Gasteiger partial charge in [0.1, 0.15) is 0 Å². The summed E-state index contributed by atoms with van der Waals surface area (Å²) in [7, 11) is 0. The van der Waals surface area contributed by atoms with Crippen LogP contribution in [0.4, 0.5) is 0 Å². The average Bonchev–Trinajstić information content (AvgIpc) is 2.46. The lowest BCUT2D eigenvalue weighted by Gasteiger charge is -2.39. The van der Waals surface area contributed by atoms with E-state index in [1.54, 1.807) is 12.1 Å². The van der Waals surface area contributed by atoms with Gasteiger partial charge in [0.2, 0.25) is 0 Å². The molecular formula is C15H21ClN2O. The summed E-state index contributed by atoms with van der Waals surface area (Å²) in [6, 6.07) is 7.36. The van der Waals surface area contributed by atoms with Gasteiger partial charge in [0.05, 0.1) is 10.6 Å². The third kappa shape index (κ3) is 3.10. The third-order valence-electron chi connectivity index (χ3n) is 4.04. The van der Waals surface area contributed by atoms with Crippen molar-refractivity contribution in [3.8, 4) is 0 Å². The van der Waals surface area contributed by atoms with Crippen LogP contribution in [0.2, 0.25) is 5.02 Å². The standard InChI is InChI=1S/C15H21ClN2O/c1-2-11-7-8-18(12(9-11)10-17)15(19)13-5-3-4-6-14(13)16/h3-6,11-12H,2,7-10,17H2,1H3. The molecule has 1 saturated heterocycles. The van der Waals surface area contributed by atoms with E-state index < -0.39 is 0 Å². The molecule has 0 bridgehead atoms. The minimum atomic E-state index is 0.00982. The molecule has 1 aliphatic heterocycles. The van der Waals surface area contributed by atoms with Gasteiger partial charge in [-0.15, -0.1) is 0 Å². The van der Waals surface area contributed by atoms with Crippen LogP contribution in [0.15, 0.2) is 24.3 Å². The van der Waals surface area contributed by atoms with Gasteiger partial charge in [0.15, 0.2) is 0 Å². The maximum atomic E-state index is 12.6. The Hall–Kier alpha value is -1.06. The molecule has 2 rings (SSSR count). The number of nitrogens with two attached hydrogens (primary N) is 1. The molecule has 0 radical (unpaired) electrons. The van der Waals surface area contributed by atoms with Crippen LogP contribution in [0.5, 0.6) is 0 Å². The summed E-state index contributed by atoms with van der Waals surface area (Å²) in [5.41, 5.74) is 6.42. The van der Waals surface area contributed by atoms with Crippen LogP contribution < -0.4 is 5.73 Å². The fraction of sp³-hybridized carbons (Fsp3) is 0.533. The Kier molecular flexibility index (Phi) is 4.83. The second-order valence-electron chi connectivity index (χ2n) is 5.17. The Morgan fingerprint density at radius 1 is 1.47 bits per heavy atom. The zero-order chi connectivity index (χ0) is 13.8. The summed E-state index contributed by atoms with van der Waals surface area (Å²) < 4.78 is 0. The van der Waals surface area contributed by atoms with Crippen molar-refractivity contribution in [2.75, 3.05) is 13.1 Å². The van der Waals surface area contributed by atoms with Crippen molar-refractivity contribution in [3.63, 3.8) is 0 Å². The van der Waals surface area contributed by atoms with E-state index in [9.17, 15) is 4.79 Å². The maximum Gasteiger partial charge on any atom is 0.255 e. The average molecular weight is 281 g/mol.